The third-order valence-electron chi connectivity index (χ3n) is 2.76. The molecule has 0 spiro atoms. The molecule has 5 nitrogen and oxygen atoms in total. The monoisotopic (exact) mass is 355 g/mol. The molecule has 0 saturated heterocycles. The van der Waals surface area contributed by atoms with E-state index >= 15 is 0 Å². The SMILES string of the molecule is O=C(CCSCCC(F)(F)C(F)(F)F)NC(CO)(CO)CO. The van der Waals surface area contributed by atoms with Crippen LogP contribution in [0.5, 0.6) is 0 Å². The normalized spacial score (nSPS) is 13.3. The van der Waals surface area contributed by atoms with E-state index in [9.17, 15) is 26.7 Å². The number of hydrogen-bond donors (Lipinski definition) is 4. The van der Waals surface area contributed by atoms with Gasteiger partial charge < -0.3 is 20.6 Å². The topological polar surface area (TPSA) is 89.8 Å². The van der Waals surface area contributed by atoms with Crippen LogP contribution in [-0.4, -0.2) is 70.2 Å². The van der Waals surface area contributed by atoms with E-state index in [1.54, 1.807) is 0 Å². The van der Waals surface area contributed by atoms with Crippen molar-refractivity contribution in [1.29, 1.82) is 0 Å². The Morgan fingerprint density at radius 2 is 1.45 bits per heavy atom. The Balaban J connectivity index is 4.05. The second-order valence-electron chi connectivity index (χ2n) is 4.62. The average Bonchev–Trinajstić information content (AvgIpc) is 2.43. The minimum absolute atomic E-state index is 0.0157. The van der Waals surface area contributed by atoms with Gasteiger partial charge in [0.1, 0.15) is 5.54 Å². The Labute approximate surface area is 127 Å². The van der Waals surface area contributed by atoms with Gasteiger partial charge in [-0.3, -0.25) is 4.79 Å². The zero-order chi connectivity index (χ0) is 17.4. The molecule has 0 bridgehead atoms. The molecule has 0 aromatic carbocycles. The van der Waals surface area contributed by atoms with Gasteiger partial charge >= 0.3 is 12.1 Å². The van der Waals surface area contributed by atoms with Crippen LogP contribution < -0.4 is 5.32 Å². The summed E-state index contributed by atoms with van der Waals surface area (Å²) < 4.78 is 60.8. The van der Waals surface area contributed by atoms with Crippen LogP contribution in [-0.2, 0) is 4.79 Å². The Morgan fingerprint density at radius 3 is 1.86 bits per heavy atom. The smallest absolute Gasteiger partial charge is 0.394 e. The van der Waals surface area contributed by atoms with Crippen molar-refractivity contribution in [3.05, 3.63) is 0 Å². The molecule has 0 unspecified atom stereocenters. The predicted molar refractivity (Wildman–Crippen MR) is 69.7 cm³/mol. The summed E-state index contributed by atoms with van der Waals surface area (Å²) in [5.74, 6) is -5.93. The molecule has 132 valence electrons. The van der Waals surface area contributed by atoms with Gasteiger partial charge in [-0.05, 0) is 5.75 Å². The van der Waals surface area contributed by atoms with Gasteiger partial charge in [0.05, 0.1) is 19.8 Å². The zero-order valence-corrected chi connectivity index (χ0v) is 12.3. The van der Waals surface area contributed by atoms with Crippen LogP contribution in [0.25, 0.3) is 0 Å². The number of aliphatic hydroxyl groups excluding tert-OH is 3. The quantitative estimate of drug-likeness (QED) is 0.339. The van der Waals surface area contributed by atoms with Crippen LogP contribution in [0.3, 0.4) is 0 Å². The summed E-state index contributed by atoms with van der Waals surface area (Å²) in [7, 11) is 0. The van der Waals surface area contributed by atoms with E-state index in [1.165, 1.54) is 0 Å². The number of carbonyl (C=O) groups excluding carboxylic acids is 1. The van der Waals surface area contributed by atoms with Crippen molar-refractivity contribution in [1.82, 2.24) is 5.32 Å². The third kappa shape index (κ3) is 6.63. The number of thioether (sulfide) groups is 1. The first-order valence-corrected chi connectivity index (χ1v) is 7.35. The standard InChI is InChI=1S/C11H18F5NO4S/c12-10(13,11(14,15)16)2-4-22-3-1-8(21)17-9(5-18,6-19)7-20/h18-20H,1-7H2,(H,17,21). The molecular formula is C11H18F5NO4S. The lowest BCUT2D eigenvalue weighted by Crippen LogP contribution is -2.57. The van der Waals surface area contributed by atoms with Crippen LogP contribution in [0, 0.1) is 0 Å². The van der Waals surface area contributed by atoms with Gasteiger partial charge in [-0.2, -0.15) is 33.7 Å². The van der Waals surface area contributed by atoms with E-state index in [4.69, 9.17) is 15.3 Å². The van der Waals surface area contributed by atoms with Crippen molar-refractivity contribution in [3.8, 4) is 0 Å². The number of nitrogens with one attached hydrogen (secondary N) is 1. The van der Waals surface area contributed by atoms with Gasteiger partial charge in [0.2, 0.25) is 5.91 Å². The average molecular weight is 355 g/mol. The summed E-state index contributed by atoms with van der Waals surface area (Å²) in [4.78, 5) is 11.5. The van der Waals surface area contributed by atoms with E-state index < -0.39 is 55.5 Å². The first-order valence-electron chi connectivity index (χ1n) is 6.19. The first kappa shape index (κ1) is 21.4. The Kier molecular flexibility index (Phi) is 8.58. The Bertz CT molecular complexity index is 342. The molecule has 0 atom stereocenters. The second kappa shape index (κ2) is 8.85. The number of carbonyl (C=O) groups is 1. The molecule has 4 N–H and O–H groups in total. The van der Waals surface area contributed by atoms with Crippen molar-refractivity contribution in [2.24, 2.45) is 0 Å². The summed E-state index contributed by atoms with van der Waals surface area (Å²) in [6, 6.07) is 0. The highest BCUT2D eigenvalue weighted by Crippen LogP contribution is 2.38. The lowest BCUT2D eigenvalue weighted by molar-refractivity contribution is -0.282. The molecule has 0 aliphatic carbocycles. The largest absolute Gasteiger partial charge is 0.453 e. The number of rotatable bonds is 10. The molecule has 0 fully saturated rings. The minimum atomic E-state index is -5.59. The summed E-state index contributed by atoms with van der Waals surface area (Å²) >= 11 is 0.745. The van der Waals surface area contributed by atoms with Gasteiger partial charge in [-0.15, -0.1) is 0 Å². The molecule has 1 amide bonds. The van der Waals surface area contributed by atoms with Crippen LogP contribution in [0.2, 0.25) is 0 Å². The molecule has 0 aromatic heterocycles. The number of hydrogen-bond acceptors (Lipinski definition) is 5. The van der Waals surface area contributed by atoms with Crippen molar-refractivity contribution >= 4 is 17.7 Å². The maximum absolute atomic E-state index is 12.6. The maximum Gasteiger partial charge on any atom is 0.453 e. The van der Waals surface area contributed by atoms with Gasteiger partial charge in [0, 0.05) is 18.6 Å². The molecule has 0 aromatic rings. The lowest BCUT2D eigenvalue weighted by Gasteiger charge is -2.28. The fourth-order valence-electron chi connectivity index (χ4n) is 1.24. The number of aliphatic hydroxyl groups is 3. The molecule has 11 heteroatoms. The van der Waals surface area contributed by atoms with E-state index in [-0.39, 0.29) is 12.2 Å². The molecule has 22 heavy (non-hydrogen) atoms. The van der Waals surface area contributed by atoms with Crippen LogP contribution in [0.4, 0.5) is 22.0 Å². The molecular weight excluding hydrogens is 337 g/mol. The maximum atomic E-state index is 12.6. The minimum Gasteiger partial charge on any atom is -0.394 e. The highest BCUT2D eigenvalue weighted by molar-refractivity contribution is 7.99. The highest BCUT2D eigenvalue weighted by atomic mass is 32.2. The number of alkyl halides is 5. The van der Waals surface area contributed by atoms with Crippen molar-refractivity contribution < 1.29 is 42.1 Å². The fraction of sp³-hybridized carbons (Fsp3) is 0.909. The van der Waals surface area contributed by atoms with Crippen LogP contribution >= 0.6 is 11.8 Å². The van der Waals surface area contributed by atoms with E-state index in [0.29, 0.717) is 0 Å². The van der Waals surface area contributed by atoms with Gasteiger partial charge in [-0.25, -0.2) is 0 Å². The first-order chi connectivity index (χ1) is 10.0. The molecule has 0 heterocycles. The summed E-state index contributed by atoms with van der Waals surface area (Å²) in [5.41, 5.74) is -1.59. The lowest BCUT2D eigenvalue weighted by atomic mass is 10.0. The van der Waals surface area contributed by atoms with Crippen LogP contribution in [0.1, 0.15) is 12.8 Å². The van der Waals surface area contributed by atoms with Gasteiger partial charge in [0.15, 0.2) is 0 Å². The van der Waals surface area contributed by atoms with Gasteiger partial charge in [-0.1, -0.05) is 0 Å². The van der Waals surface area contributed by atoms with E-state index in [1.807, 2.05) is 0 Å². The summed E-state index contributed by atoms with van der Waals surface area (Å²) in [6.45, 7) is -2.13. The van der Waals surface area contributed by atoms with E-state index in [0.717, 1.165) is 11.8 Å². The number of amides is 1. The Morgan fingerprint density at radius 1 is 0.955 bits per heavy atom. The van der Waals surface area contributed by atoms with Crippen molar-refractivity contribution in [2.75, 3.05) is 31.3 Å². The summed E-state index contributed by atoms with van der Waals surface area (Å²) in [6.07, 6.45) is -7.19. The van der Waals surface area contributed by atoms with Crippen molar-refractivity contribution in [2.45, 2.75) is 30.5 Å². The van der Waals surface area contributed by atoms with Crippen LogP contribution in [0.15, 0.2) is 0 Å². The molecule has 0 rings (SSSR count). The predicted octanol–water partition coefficient (Wildman–Crippen LogP) is 0.529. The molecule has 0 aliphatic heterocycles. The number of halogens is 5. The molecule has 0 saturated carbocycles. The fourth-order valence-corrected chi connectivity index (χ4v) is 2.17. The third-order valence-corrected chi connectivity index (χ3v) is 3.75. The van der Waals surface area contributed by atoms with E-state index in [2.05, 4.69) is 5.32 Å². The van der Waals surface area contributed by atoms with Gasteiger partial charge in [0.25, 0.3) is 0 Å². The molecule has 0 aliphatic rings. The Hall–Kier alpha value is -0.650. The molecule has 0 radical (unpaired) electrons. The highest BCUT2D eigenvalue weighted by Gasteiger charge is 2.56. The summed E-state index contributed by atoms with van der Waals surface area (Å²) in [5, 5.41) is 29.1. The zero-order valence-electron chi connectivity index (χ0n) is 11.5. The van der Waals surface area contributed by atoms with Crippen molar-refractivity contribution in [3.63, 3.8) is 0 Å². The second-order valence-corrected chi connectivity index (χ2v) is 5.84.